The molecule has 0 fully saturated rings. The van der Waals surface area contributed by atoms with Crippen LogP contribution in [0.4, 0.5) is 0 Å². The molecule has 0 spiro atoms. The molecule has 29 heavy (non-hydrogen) atoms. The summed E-state index contributed by atoms with van der Waals surface area (Å²) < 4.78 is 5.23. The number of thiophene rings is 1. The van der Waals surface area contributed by atoms with E-state index in [1.54, 1.807) is 36.4 Å². The molecule has 2 heterocycles. The number of benzene rings is 1. The molecule has 0 atom stereocenters. The van der Waals surface area contributed by atoms with E-state index in [1.165, 1.54) is 17.6 Å². The van der Waals surface area contributed by atoms with Gasteiger partial charge in [-0.2, -0.15) is 5.26 Å². The highest BCUT2D eigenvalue weighted by molar-refractivity contribution is 7.17. The normalized spacial score (nSPS) is 10.7. The topological polar surface area (TPSA) is 86.3 Å². The van der Waals surface area contributed by atoms with Crippen LogP contribution in [0.2, 0.25) is 0 Å². The molecular weight excluding hydrogens is 386 g/mol. The van der Waals surface area contributed by atoms with Crippen molar-refractivity contribution in [2.45, 2.75) is 6.42 Å². The molecule has 0 bridgehead atoms. The lowest BCUT2D eigenvalue weighted by Gasteiger charge is -2.10. The molecule has 1 aromatic carbocycles. The molecule has 0 radical (unpaired) electrons. The summed E-state index contributed by atoms with van der Waals surface area (Å²) in [5, 5.41) is 12.1. The second kappa shape index (κ2) is 9.32. The first-order valence-electron chi connectivity index (χ1n) is 9.11. The number of rotatable bonds is 8. The molecule has 0 aliphatic heterocycles. The molecule has 1 amide bonds. The van der Waals surface area contributed by atoms with E-state index in [1.807, 2.05) is 25.1 Å². The van der Waals surface area contributed by atoms with Crippen molar-refractivity contribution in [2.24, 2.45) is 0 Å². The highest BCUT2D eigenvalue weighted by Gasteiger charge is 2.20. The molecular formula is C22H21N3O3S. The number of amides is 1. The number of hydrogen-bond acceptors (Lipinski definition) is 6. The third-order valence-corrected chi connectivity index (χ3v) is 5.49. The quantitative estimate of drug-likeness (QED) is 0.579. The Labute approximate surface area is 173 Å². The zero-order valence-corrected chi connectivity index (χ0v) is 17.1. The molecule has 6 nitrogen and oxygen atoms in total. The number of furan rings is 1. The average molecular weight is 407 g/mol. The standard InChI is InChI=1S/C22H21N3O3S/c1-25(2)9-8-24-20(26)13-17-12-19(21(27)18-7-4-10-28-18)29-22(17)16-6-3-5-15(11-16)14-23/h3-7,10-12H,8-9,13H2,1-2H3,(H,24,26). The summed E-state index contributed by atoms with van der Waals surface area (Å²) in [5.74, 6) is -0.0816. The van der Waals surface area contributed by atoms with Crippen LogP contribution in [-0.4, -0.2) is 43.8 Å². The van der Waals surface area contributed by atoms with Crippen LogP contribution in [0, 0.1) is 11.3 Å². The van der Waals surface area contributed by atoms with Crippen LogP contribution in [0.3, 0.4) is 0 Å². The van der Waals surface area contributed by atoms with E-state index in [2.05, 4.69) is 11.4 Å². The average Bonchev–Trinajstić information content (AvgIpc) is 3.37. The smallest absolute Gasteiger partial charge is 0.238 e. The first-order chi connectivity index (χ1) is 14.0. The van der Waals surface area contributed by atoms with E-state index in [0.29, 0.717) is 17.0 Å². The minimum atomic E-state index is -0.225. The van der Waals surface area contributed by atoms with Crippen molar-refractivity contribution in [2.75, 3.05) is 27.2 Å². The largest absolute Gasteiger partial charge is 0.461 e. The molecule has 7 heteroatoms. The van der Waals surface area contributed by atoms with Gasteiger partial charge in [0.15, 0.2) is 5.76 Å². The molecule has 148 valence electrons. The van der Waals surface area contributed by atoms with Gasteiger partial charge in [-0.25, -0.2) is 0 Å². The second-order valence-corrected chi connectivity index (χ2v) is 7.85. The molecule has 3 rings (SSSR count). The highest BCUT2D eigenvalue weighted by Crippen LogP contribution is 2.35. The summed E-state index contributed by atoms with van der Waals surface area (Å²) >= 11 is 1.30. The zero-order valence-electron chi connectivity index (χ0n) is 16.3. The SMILES string of the molecule is CN(C)CCNC(=O)Cc1cc(C(=O)c2ccco2)sc1-c1cccc(C#N)c1. The Kier molecular flexibility index (Phi) is 6.60. The number of nitrogens with one attached hydrogen (secondary N) is 1. The van der Waals surface area contributed by atoms with Gasteiger partial charge in [0.1, 0.15) is 0 Å². The van der Waals surface area contributed by atoms with Gasteiger partial charge in [0.25, 0.3) is 0 Å². The van der Waals surface area contributed by atoms with Crippen LogP contribution >= 0.6 is 11.3 Å². The van der Waals surface area contributed by atoms with Crippen LogP contribution < -0.4 is 5.32 Å². The number of likely N-dealkylation sites (N-methyl/N-ethyl adjacent to an activating group) is 1. The monoisotopic (exact) mass is 407 g/mol. The number of nitrogens with zero attached hydrogens (tertiary/aromatic N) is 2. The summed E-state index contributed by atoms with van der Waals surface area (Å²) in [4.78, 5) is 28.4. The Hall–Kier alpha value is -3.21. The number of carbonyl (C=O) groups excluding carboxylic acids is 2. The van der Waals surface area contributed by atoms with Gasteiger partial charge in [-0.05, 0) is 55.6 Å². The highest BCUT2D eigenvalue weighted by atomic mass is 32.1. The predicted octanol–water partition coefficient (Wildman–Crippen LogP) is 3.33. The van der Waals surface area contributed by atoms with E-state index in [0.717, 1.165) is 22.5 Å². The van der Waals surface area contributed by atoms with Gasteiger partial charge in [-0.1, -0.05) is 12.1 Å². The minimum absolute atomic E-state index is 0.112. The molecule has 0 saturated carbocycles. The Bertz CT molecular complexity index is 1050. The minimum Gasteiger partial charge on any atom is -0.461 e. The number of carbonyl (C=O) groups is 2. The fourth-order valence-electron chi connectivity index (χ4n) is 2.83. The van der Waals surface area contributed by atoms with E-state index in [-0.39, 0.29) is 23.9 Å². The Morgan fingerprint density at radius 2 is 2.03 bits per heavy atom. The lowest BCUT2D eigenvalue weighted by atomic mass is 10.0. The van der Waals surface area contributed by atoms with Gasteiger partial charge in [-0.15, -0.1) is 11.3 Å². The first kappa shape index (κ1) is 20.5. The van der Waals surface area contributed by atoms with E-state index in [9.17, 15) is 14.9 Å². The first-order valence-corrected chi connectivity index (χ1v) is 9.92. The molecule has 1 N–H and O–H groups in total. The number of nitriles is 1. The van der Waals surface area contributed by atoms with Gasteiger partial charge in [0.05, 0.1) is 29.2 Å². The number of ketones is 1. The van der Waals surface area contributed by atoms with Crippen molar-refractivity contribution in [1.82, 2.24) is 10.2 Å². The van der Waals surface area contributed by atoms with Crippen LogP contribution in [0.15, 0.2) is 53.1 Å². The van der Waals surface area contributed by atoms with Crippen LogP contribution in [0.1, 0.15) is 26.6 Å². The van der Waals surface area contributed by atoms with Crippen LogP contribution in [0.25, 0.3) is 10.4 Å². The Morgan fingerprint density at radius 1 is 1.21 bits per heavy atom. The molecule has 2 aromatic heterocycles. The van der Waals surface area contributed by atoms with Gasteiger partial charge >= 0.3 is 0 Å². The summed E-state index contributed by atoms with van der Waals surface area (Å²) in [6.07, 6.45) is 1.61. The van der Waals surface area contributed by atoms with Crippen molar-refractivity contribution in [3.05, 3.63) is 70.5 Å². The summed E-state index contributed by atoms with van der Waals surface area (Å²) in [6.45, 7) is 1.29. The lowest BCUT2D eigenvalue weighted by Crippen LogP contribution is -2.32. The van der Waals surface area contributed by atoms with Gasteiger partial charge in [0.2, 0.25) is 11.7 Å². The van der Waals surface area contributed by atoms with Crippen molar-refractivity contribution in [1.29, 1.82) is 5.26 Å². The Morgan fingerprint density at radius 3 is 2.72 bits per heavy atom. The number of hydrogen-bond donors (Lipinski definition) is 1. The summed E-state index contributed by atoms with van der Waals surface area (Å²) in [7, 11) is 3.88. The predicted molar refractivity (Wildman–Crippen MR) is 112 cm³/mol. The molecule has 3 aromatic rings. The van der Waals surface area contributed by atoms with E-state index < -0.39 is 0 Å². The fraction of sp³-hybridized carbons (Fsp3) is 0.227. The maximum atomic E-state index is 12.7. The molecule has 0 unspecified atom stereocenters. The van der Waals surface area contributed by atoms with Crippen LogP contribution in [-0.2, 0) is 11.2 Å². The van der Waals surface area contributed by atoms with Crippen LogP contribution in [0.5, 0.6) is 0 Å². The van der Waals surface area contributed by atoms with E-state index >= 15 is 0 Å². The third-order valence-electron chi connectivity index (χ3n) is 4.26. The van der Waals surface area contributed by atoms with Crippen molar-refractivity contribution >= 4 is 23.0 Å². The summed E-state index contributed by atoms with van der Waals surface area (Å²) in [5.41, 5.74) is 2.09. The van der Waals surface area contributed by atoms with Gasteiger partial charge in [0, 0.05) is 18.0 Å². The van der Waals surface area contributed by atoms with Crippen molar-refractivity contribution in [3.8, 4) is 16.5 Å². The second-order valence-electron chi connectivity index (χ2n) is 6.79. The lowest BCUT2D eigenvalue weighted by molar-refractivity contribution is -0.120. The molecule has 0 aliphatic carbocycles. The van der Waals surface area contributed by atoms with Gasteiger partial charge < -0.3 is 14.6 Å². The Balaban J connectivity index is 1.91. The maximum absolute atomic E-state index is 12.7. The fourth-order valence-corrected chi connectivity index (χ4v) is 3.95. The molecule has 0 saturated heterocycles. The van der Waals surface area contributed by atoms with Crippen molar-refractivity contribution in [3.63, 3.8) is 0 Å². The van der Waals surface area contributed by atoms with Crippen molar-refractivity contribution < 1.29 is 14.0 Å². The van der Waals surface area contributed by atoms with E-state index in [4.69, 9.17) is 4.42 Å². The zero-order chi connectivity index (χ0) is 20.8. The maximum Gasteiger partial charge on any atom is 0.238 e. The molecule has 0 aliphatic rings. The third kappa shape index (κ3) is 5.19. The summed E-state index contributed by atoms with van der Waals surface area (Å²) in [6, 6.07) is 14.3. The van der Waals surface area contributed by atoms with Gasteiger partial charge in [-0.3, -0.25) is 9.59 Å².